The molecule has 1 aliphatic heterocycles. The van der Waals surface area contributed by atoms with Crippen LogP contribution in [0.5, 0.6) is 0 Å². The number of rotatable bonds is 5. The van der Waals surface area contributed by atoms with Gasteiger partial charge in [-0.3, -0.25) is 4.79 Å². The van der Waals surface area contributed by atoms with E-state index in [1.54, 1.807) is 17.6 Å². The Labute approximate surface area is 189 Å². The van der Waals surface area contributed by atoms with Crippen molar-refractivity contribution in [1.29, 1.82) is 0 Å². The Morgan fingerprint density at radius 3 is 2.47 bits per heavy atom. The van der Waals surface area contributed by atoms with Crippen molar-refractivity contribution in [2.45, 2.75) is 37.1 Å². The number of sulfonamides is 1. The Morgan fingerprint density at radius 2 is 1.84 bits per heavy atom. The standard InChI is InChI=1S/C22H21ClF2N2O4S/c1-13-22(17-11-16(24)3-4-19(17)27(13)12-21(28)29)14-6-8-26(9-7-14)32(30,31)20-5-2-15(23)10-18(20)25/h2-5,10-11,14H,6-9,12H2,1H3,(H,28,29). The van der Waals surface area contributed by atoms with Crippen molar-refractivity contribution in [3.8, 4) is 0 Å². The molecule has 0 spiro atoms. The third kappa shape index (κ3) is 4.00. The summed E-state index contributed by atoms with van der Waals surface area (Å²) >= 11 is 5.73. The van der Waals surface area contributed by atoms with Crippen LogP contribution >= 0.6 is 11.6 Å². The monoisotopic (exact) mass is 482 g/mol. The molecule has 32 heavy (non-hydrogen) atoms. The van der Waals surface area contributed by atoms with Crippen molar-refractivity contribution in [2.75, 3.05) is 13.1 Å². The lowest BCUT2D eigenvalue weighted by atomic mass is 9.88. The maximum atomic E-state index is 14.2. The van der Waals surface area contributed by atoms with Crippen LogP contribution in [-0.2, 0) is 21.4 Å². The molecule has 1 aliphatic rings. The fraction of sp³-hybridized carbons (Fsp3) is 0.318. The second kappa shape index (κ2) is 8.46. The first-order valence-corrected chi connectivity index (χ1v) is 11.9. The Hall–Kier alpha value is -2.49. The maximum Gasteiger partial charge on any atom is 0.323 e. The molecule has 170 valence electrons. The number of nitrogens with zero attached hydrogens (tertiary/aromatic N) is 2. The van der Waals surface area contributed by atoms with E-state index in [-0.39, 0.29) is 30.6 Å². The minimum atomic E-state index is -4.03. The SMILES string of the molecule is Cc1c(C2CCN(S(=O)(=O)c3ccc(Cl)cc3F)CC2)c2cc(F)ccc2n1CC(=O)O. The summed E-state index contributed by atoms with van der Waals surface area (Å²) in [5.74, 6) is -2.42. The average molecular weight is 483 g/mol. The second-order valence-corrected chi connectivity index (χ2v) is 10.2. The van der Waals surface area contributed by atoms with Gasteiger partial charge < -0.3 is 9.67 Å². The van der Waals surface area contributed by atoms with Crippen LogP contribution in [0.25, 0.3) is 10.9 Å². The first-order valence-electron chi connectivity index (χ1n) is 10.0. The van der Waals surface area contributed by atoms with Gasteiger partial charge in [0.15, 0.2) is 0 Å². The van der Waals surface area contributed by atoms with Crippen molar-refractivity contribution >= 4 is 38.5 Å². The van der Waals surface area contributed by atoms with E-state index in [4.69, 9.17) is 11.6 Å². The number of hydrogen-bond donors (Lipinski definition) is 1. The summed E-state index contributed by atoms with van der Waals surface area (Å²) in [5.41, 5.74) is 2.17. The lowest BCUT2D eigenvalue weighted by Gasteiger charge is -2.31. The van der Waals surface area contributed by atoms with Gasteiger partial charge >= 0.3 is 5.97 Å². The van der Waals surface area contributed by atoms with E-state index in [9.17, 15) is 27.1 Å². The van der Waals surface area contributed by atoms with Crippen LogP contribution in [-0.4, -0.2) is 41.5 Å². The molecule has 2 aromatic carbocycles. The molecule has 0 amide bonds. The molecule has 2 heterocycles. The number of hydrogen-bond acceptors (Lipinski definition) is 3. The second-order valence-electron chi connectivity index (χ2n) is 7.89. The number of aliphatic carboxylic acids is 1. The highest BCUT2D eigenvalue weighted by atomic mass is 35.5. The van der Waals surface area contributed by atoms with Gasteiger partial charge in [0, 0.05) is 34.7 Å². The highest BCUT2D eigenvalue weighted by Gasteiger charge is 2.33. The Balaban J connectivity index is 1.64. The van der Waals surface area contributed by atoms with Crippen molar-refractivity contribution < 1.29 is 27.1 Å². The van der Waals surface area contributed by atoms with Crippen LogP contribution in [0.2, 0.25) is 5.02 Å². The van der Waals surface area contributed by atoms with E-state index < -0.39 is 32.5 Å². The van der Waals surface area contributed by atoms with Crippen LogP contribution in [0.1, 0.15) is 30.0 Å². The van der Waals surface area contributed by atoms with Gasteiger partial charge in [-0.1, -0.05) is 11.6 Å². The highest BCUT2D eigenvalue weighted by molar-refractivity contribution is 7.89. The van der Waals surface area contributed by atoms with E-state index in [0.29, 0.717) is 23.7 Å². The summed E-state index contributed by atoms with van der Waals surface area (Å²) in [6, 6.07) is 7.70. The van der Waals surface area contributed by atoms with Crippen LogP contribution in [0.4, 0.5) is 8.78 Å². The molecule has 0 aliphatic carbocycles. The molecular weight excluding hydrogens is 462 g/mol. The molecule has 0 saturated carbocycles. The summed E-state index contributed by atoms with van der Waals surface area (Å²) < 4.78 is 57.0. The van der Waals surface area contributed by atoms with E-state index >= 15 is 0 Å². The predicted octanol–water partition coefficient (Wildman–Crippen LogP) is 4.53. The molecule has 0 atom stereocenters. The summed E-state index contributed by atoms with van der Waals surface area (Å²) in [6.07, 6.45) is 0.885. The number of piperidine rings is 1. The van der Waals surface area contributed by atoms with Gasteiger partial charge in [-0.15, -0.1) is 0 Å². The van der Waals surface area contributed by atoms with Gasteiger partial charge in [-0.25, -0.2) is 17.2 Å². The van der Waals surface area contributed by atoms with Gasteiger partial charge in [-0.05, 0) is 67.6 Å². The largest absolute Gasteiger partial charge is 0.480 e. The molecular formula is C22H21ClF2N2O4S. The van der Waals surface area contributed by atoms with Gasteiger partial charge in [0.05, 0.1) is 0 Å². The lowest BCUT2D eigenvalue weighted by molar-refractivity contribution is -0.137. The molecule has 0 bridgehead atoms. The molecule has 6 nitrogen and oxygen atoms in total. The summed E-state index contributed by atoms with van der Waals surface area (Å²) in [4.78, 5) is 10.9. The Morgan fingerprint density at radius 1 is 1.16 bits per heavy atom. The maximum absolute atomic E-state index is 14.2. The first-order chi connectivity index (χ1) is 15.1. The number of aromatic nitrogens is 1. The third-order valence-electron chi connectivity index (χ3n) is 6.00. The van der Waals surface area contributed by atoms with Crippen LogP contribution in [0.15, 0.2) is 41.3 Å². The van der Waals surface area contributed by atoms with E-state index in [2.05, 4.69) is 0 Å². The van der Waals surface area contributed by atoms with Crippen LogP contribution in [0.3, 0.4) is 0 Å². The molecule has 4 rings (SSSR count). The number of halogens is 3. The molecule has 10 heteroatoms. The number of benzene rings is 2. The minimum absolute atomic E-state index is 0.0872. The van der Waals surface area contributed by atoms with Crippen molar-refractivity contribution in [3.05, 3.63) is 64.3 Å². The fourth-order valence-corrected chi connectivity index (χ4v) is 6.22. The van der Waals surface area contributed by atoms with Gasteiger partial charge in [0.1, 0.15) is 23.1 Å². The number of carboxylic acids is 1. The normalized spacial score (nSPS) is 16.0. The lowest BCUT2D eigenvalue weighted by Crippen LogP contribution is -2.38. The smallest absolute Gasteiger partial charge is 0.323 e. The Bertz CT molecular complexity index is 1320. The predicted molar refractivity (Wildman–Crippen MR) is 116 cm³/mol. The molecule has 1 fully saturated rings. The molecule has 0 unspecified atom stereocenters. The molecule has 1 N–H and O–H groups in total. The molecule has 1 saturated heterocycles. The van der Waals surface area contributed by atoms with Crippen molar-refractivity contribution in [1.82, 2.24) is 8.87 Å². The summed E-state index contributed by atoms with van der Waals surface area (Å²) in [6.45, 7) is 1.87. The third-order valence-corrected chi connectivity index (χ3v) is 8.17. The number of carboxylic acid groups (broad SMARTS) is 1. The molecule has 1 aromatic heterocycles. The minimum Gasteiger partial charge on any atom is -0.480 e. The summed E-state index contributed by atoms with van der Waals surface area (Å²) in [5, 5.41) is 10.0. The molecule has 3 aromatic rings. The van der Waals surface area contributed by atoms with Crippen molar-refractivity contribution in [2.24, 2.45) is 0 Å². The summed E-state index contributed by atoms with van der Waals surface area (Å²) in [7, 11) is -4.03. The average Bonchev–Trinajstić information content (AvgIpc) is 2.98. The fourth-order valence-electron chi connectivity index (χ4n) is 4.54. The van der Waals surface area contributed by atoms with Gasteiger partial charge in [0.25, 0.3) is 0 Å². The van der Waals surface area contributed by atoms with Gasteiger partial charge in [-0.2, -0.15) is 4.31 Å². The van der Waals surface area contributed by atoms with Crippen LogP contribution < -0.4 is 0 Å². The topological polar surface area (TPSA) is 79.6 Å². The zero-order chi connectivity index (χ0) is 23.2. The number of carbonyl (C=O) groups is 1. The first kappa shape index (κ1) is 22.7. The quantitative estimate of drug-likeness (QED) is 0.579. The van der Waals surface area contributed by atoms with Crippen LogP contribution in [0, 0.1) is 18.6 Å². The number of fused-ring (bicyclic) bond motifs is 1. The highest BCUT2D eigenvalue weighted by Crippen LogP contribution is 2.39. The van der Waals surface area contributed by atoms with Crippen molar-refractivity contribution in [3.63, 3.8) is 0 Å². The van der Waals surface area contributed by atoms with E-state index in [1.165, 1.54) is 22.5 Å². The van der Waals surface area contributed by atoms with E-state index in [0.717, 1.165) is 23.4 Å². The van der Waals surface area contributed by atoms with E-state index in [1.807, 2.05) is 0 Å². The molecule has 0 radical (unpaired) electrons. The Kier molecular flexibility index (Phi) is 6.00. The zero-order valence-electron chi connectivity index (χ0n) is 17.2. The zero-order valence-corrected chi connectivity index (χ0v) is 18.8. The van der Waals surface area contributed by atoms with Gasteiger partial charge in [0.2, 0.25) is 10.0 Å².